The Morgan fingerprint density at radius 1 is 1.15 bits per heavy atom. The molecule has 4 rings (SSSR count). The number of nitriles is 1. The molecular weight excluding hydrogens is 414 g/mol. The smallest absolute Gasteiger partial charge is 0.254 e. The summed E-state index contributed by atoms with van der Waals surface area (Å²) in [5.74, 6) is 1.29. The standard InChI is InChI=1S/C27H27N3O3/c1-30(15-7-14-28)27(31)25-20-9-4-5-11-22(20)29-26-19(8-6-10-21(25)26)16-18-12-13-23(32-2)24(17-18)33-3/h4-5,9,11-13,16-17H,6-8,10,15H2,1-3H3. The fraction of sp³-hybridized carbons (Fsp3) is 0.296. The van der Waals surface area contributed by atoms with Crippen molar-refractivity contribution in [3.63, 3.8) is 0 Å². The zero-order chi connectivity index (χ0) is 23.4. The number of carbonyl (C=O) groups excluding carboxylic acids is 1. The fourth-order valence-corrected chi connectivity index (χ4v) is 4.37. The van der Waals surface area contributed by atoms with E-state index in [-0.39, 0.29) is 5.91 Å². The number of carbonyl (C=O) groups is 1. The van der Waals surface area contributed by atoms with Crippen molar-refractivity contribution >= 4 is 28.5 Å². The van der Waals surface area contributed by atoms with Crippen LogP contribution in [-0.4, -0.2) is 43.6 Å². The van der Waals surface area contributed by atoms with Crippen LogP contribution in [0, 0.1) is 11.3 Å². The predicted octanol–water partition coefficient (Wildman–Crippen LogP) is 5.11. The lowest BCUT2D eigenvalue weighted by Crippen LogP contribution is -2.29. The largest absolute Gasteiger partial charge is 0.493 e. The quantitative estimate of drug-likeness (QED) is 0.531. The van der Waals surface area contributed by atoms with Crippen molar-refractivity contribution in [1.29, 1.82) is 5.26 Å². The first-order chi connectivity index (χ1) is 16.1. The number of benzene rings is 2. The summed E-state index contributed by atoms with van der Waals surface area (Å²) in [5.41, 5.74) is 5.46. The number of nitrogens with zero attached hydrogens (tertiary/aromatic N) is 3. The van der Waals surface area contributed by atoms with Gasteiger partial charge >= 0.3 is 0 Å². The van der Waals surface area contributed by atoms with Crippen molar-refractivity contribution in [2.24, 2.45) is 0 Å². The zero-order valence-corrected chi connectivity index (χ0v) is 19.2. The summed E-state index contributed by atoms with van der Waals surface area (Å²) in [6, 6.07) is 15.7. The Morgan fingerprint density at radius 2 is 1.94 bits per heavy atom. The summed E-state index contributed by atoms with van der Waals surface area (Å²) in [6.45, 7) is 0.398. The Kier molecular flexibility index (Phi) is 6.60. The van der Waals surface area contributed by atoms with Crippen LogP contribution in [0.25, 0.3) is 22.6 Å². The number of pyridine rings is 1. The summed E-state index contributed by atoms with van der Waals surface area (Å²) in [7, 11) is 5.00. The van der Waals surface area contributed by atoms with Gasteiger partial charge in [0.25, 0.3) is 5.91 Å². The number of para-hydroxylation sites is 1. The van der Waals surface area contributed by atoms with Crippen LogP contribution >= 0.6 is 0 Å². The fourth-order valence-electron chi connectivity index (χ4n) is 4.37. The first-order valence-electron chi connectivity index (χ1n) is 11.0. The molecule has 2 aromatic carbocycles. The summed E-state index contributed by atoms with van der Waals surface area (Å²) in [6.07, 6.45) is 5.04. The SMILES string of the molecule is COc1ccc(C=C2CCCc3c2nc2ccccc2c3C(=O)N(C)CCC#N)cc1OC. The molecule has 6 nitrogen and oxygen atoms in total. The van der Waals surface area contributed by atoms with Gasteiger partial charge in [0.1, 0.15) is 0 Å². The number of amides is 1. The van der Waals surface area contributed by atoms with E-state index in [0.717, 1.165) is 52.6 Å². The van der Waals surface area contributed by atoms with E-state index >= 15 is 0 Å². The maximum absolute atomic E-state index is 13.5. The van der Waals surface area contributed by atoms with E-state index in [0.29, 0.717) is 30.0 Å². The van der Waals surface area contributed by atoms with Crippen molar-refractivity contribution < 1.29 is 14.3 Å². The normalized spacial score (nSPS) is 13.9. The third kappa shape index (κ3) is 4.40. The van der Waals surface area contributed by atoms with Gasteiger partial charge < -0.3 is 14.4 Å². The average Bonchev–Trinajstić information content (AvgIpc) is 2.85. The highest BCUT2D eigenvalue weighted by molar-refractivity contribution is 6.09. The lowest BCUT2D eigenvalue weighted by atomic mass is 9.85. The average molecular weight is 442 g/mol. The van der Waals surface area contributed by atoms with Crippen LogP contribution < -0.4 is 9.47 Å². The Balaban J connectivity index is 1.86. The van der Waals surface area contributed by atoms with Gasteiger partial charge in [-0.2, -0.15) is 5.26 Å². The molecule has 1 aliphatic rings. The second-order valence-electron chi connectivity index (χ2n) is 8.10. The highest BCUT2D eigenvalue weighted by atomic mass is 16.5. The van der Waals surface area contributed by atoms with Gasteiger partial charge in [-0.1, -0.05) is 24.3 Å². The summed E-state index contributed by atoms with van der Waals surface area (Å²) >= 11 is 0. The molecule has 0 unspecified atom stereocenters. The van der Waals surface area contributed by atoms with Crippen LogP contribution in [0.1, 0.15) is 46.4 Å². The molecule has 3 aromatic rings. The van der Waals surface area contributed by atoms with Crippen LogP contribution in [0.4, 0.5) is 0 Å². The molecule has 0 fully saturated rings. The number of aromatic nitrogens is 1. The van der Waals surface area contributed by atoms with E-state index in [4.69, 9.17) is 19.7 Å². The molecule has 1 heterocycles. The molecule has 1 aliphatic carbocycles. The van der Waals surface area contributed by atoms with Crippen molar-refractivity contribution in [3.05, 3.63) is 64.8 Å². The van der Waals surface area contributed by atoms with Gasteiger partial charge in [-0.05, 0) is 60.2 Å². The molecule has 1 amide bonds. The predicted molar refractivity (Wildman–Crippen MR) is 129 cm³/mol. The Labute approximate surface area is 194 Å². The first kappa shape index (κ1) is 22.3. The van der Waals surface area contributed by atoms with E-state index in [1.807, 2.05) is 42.5 Å². The Hall–Kier alpha value is -3.85. The zero-order valence-electron chi connectivity index (χ0n) is 19.2. The monoisotopic (exact) mass is 441 g/mol. The summed E-state index contributed by atoms with van der Waals surface area (Å²) < 4.78 is 10.8. The second-order valence-corrected chi connectivity index (χ2v) is 8.10. The van der Waals surface area contributed by atoms with Crippen molar-refractivity contribution in [3.8, 4) is 17.6 Å². The number of hydrogen-bond donors (Lipinski definition) is 0. The second kappa shape index (κ2) is 9.74. The topological polar surface area (TPSA) is 75.5 Å². The number of methoxy groups -OCH3 is 2. The molecule has 0 saturated heterocycles. The molecule has 0 aliphatic heterocycles. The summed E-state index contributed by atoms with van der Waals surface area (Å²) in [4.78, 5) is 20.1. The number of fused-ring (bicyclic) bond motifs is 2. The first-order valence-corrected chi connectivity index (χ1v) is 11.0. The van der Waals surface area contributed by atoms with Crippen LogP contribution in [0.15, 0.2) is 42.5 Å². The molecule has 1 aromatic heterocycles. The maximum atomic E-state index is 13.5. The molecule has 0 bridgehead atoms. The maximum Gasteiger partial charge on any atom is 0.254 e. The third-order valence-corrected chi connectivity index (χ3v) is 6.04. The minimum absolute atomic E-state index is 0.0625. The van der Waals surface area contributed by atoms with E-state index in [1.54, 1.807) is 26.2 Å². The molecule has 0 spiro atoms. The van der Waals surface area contributed by atoms with Crippen LogP contribution in [-0.2, 0) is 6.42 Å². The van der Waals surface area contributed by atoms with Crippen molar-refractivity contribution in [2.45, 2.75) is 25.7 Å². The van der Waals surface area contributed by atoms with Gasteiger partial charge in [0.2, 0.25) is 0 Å². The number of ether oxygens (including phenoxy) is 2. The molecule has 0 saturated carbocycles. The van der Waals surface area contributed by atoms with E-state index in [2.05, 4.69) is 12.1 Å². The molecule has 6 heteroatoms. The van der Waals surface area contributed by atoms with Gasteiger partial charge in [0, 0.05) is 19.0 Å². The minimum Gasteiger partial charge on any atom is -0.493 e. The molecule has 33 heavy (non-hydrogen) atoms. The van der Waals surface area contributed by atoms with E-state index < -0.39 is 0 Å². The van der Waals surface area contributed by atoms with Gasteiger partial charge in [0.15, 0.2) is 11.5 Å². The number of allylic oxidation sites excluding steroid dienone is 1. The van der Waals surface area contributed by atoms with Crippen LogP contribution in [0.3, 0.4) is 0 Å². The lowest BCUT2D eigenvalue weighted by molar-refractivity contribution is 0.0798. The molecule has 0 radical (unpaired) electrons. The minimum atomic E-state index is -0.0625. The lowest BCUT2D eigenvalue weighted by Gasteiger charge is -2.25. The third-order valence-electron chi connectivity index (χ3n) is 6.04. The molecule has 0 N–H and O–H groups in total. The van der Waals surface area contributed by atoms with Gasteiger partial charge in [0.05, 0.1) is 43.5 Å². The Bertz CT molecular complexity index is 1270. The summed E-state index contributed by atoms with van der Waals surface area (Å²) in [5, 5.41) is 9.81. The number of hydrogen-bond acceptors (Lipinski definition) is 5. The van der Waals surface area contributed by atoms with Gasteiger partial charge in [-0.15, -0.1) is 0 Å². The molecular formula is C27H27N3O3. The highest BCUT2D eigenvalue weighted by Gasteiger charge is 2.26. The van der Waals surface area contributed by atoms with Gasteiger partial charge in [-0.3, -0.25) is 4.79 Å². The number of rotatable bonds is 6. The molecule has 168 valence electrons. The van der Waals surface area contributed by atoms with Crippen LogP contribution in [0.5, 0.6) is 11.5 Å². The van der Waals surface area contributed by atoms with Crippen LogP contribution in [0.2, 0.25) is 0 Å². The Morgan fingerprint density at radius 3 is 2.70 bits per heavy atom. The van der Waals surface area contributed by atoms with Gasteiger partial charge in [-0.25, -0.2) is 4.98 Å². The van der Waals surface area contributed by atoms with E-state index in [9.17, 15) is 4.79 Å². The van der Waals surface area contributed by atoms with Crippen molar-refractivity contribution in [1.82, 2.24) is 9.88 Å². The highest BCUT2D eigenvalue weighted by Crippen LogP contribution is 2.37. The molecule has 0 atom stereocenters. The van der Waals surface area contributed by atoms with E-state index in [1.165, 1.54) is 0 Å². The van der Waals surface area contributed by atoms with Crippen molar-refractivity contribution in [2.75, 3.05) is 27.8 Å².